The third kappa shape index (κ3) is 3.98. The van der Waals surface area contributed by atoms with Crippen LogP contribution in [0.15, 0.2) is 93.5 Å². The summed E-state index contributed by atoms with van der Waals surface area (Å²) in [4.78, 5) is 17.2. The van der Waals surface area contributed by atoms with Crippen LogP contribution in [-0.4, -0.2) is 4.98 Å². The molecule has 0 amide bonds. The first kappa shape index (κ1) is 19.2. The van der Waals surface area contributed by atoms with Crippen molar-refractivity contribution in [2.45, 2.75) is 6.61 Å². The average molecular weight is 429 g/mol. The van der Waals surface area contributed by atoms with Crippen LogP contribution in [-0.2, 0) is 6.61 Å². The minimum Gasteiger partial charge on any atom is -0.489 e. The summed E-state index contributed by atoms with van der Waals surface area (Å²) in [6, 6.07) is 23.2. The molecule has 0 aliphatic heterocycles. The Morgan fingerprint density at radius 1 is 0.968 bits per heavy atom. The van der Waals surface area contributed by atoms with Crippen LogP contribution in [0.2, 0.25) is 0 Å². The average Bonchev–Trinajstić information content (AvgIpc) is 3.28. The fourth-order valence-electron chi connectivity index (χ4n) is 3.25. The SMILES string of the molecule is O=c1oc2cc(OCc3ccccc3F)ccc2cc1-c1nc(-c2ccccc2)cs1. The zero-order valence-electron chi connectivity index (χ0n) is 16.2. The van der Waals surface area contributed by atoms with Gasteiger partial charge in [0, 0.05) is 28.0 Å². The Hall–Kier alpha value is -3.77. The second kappa shape index (κ2) is 8.16. The van der Waals surface area contributed by atoms with Gasteiger partial charge in [-0.3, -0.25) is 0 Å². The molecule has 0 radical (unpaired) electrons. The number of benzene rings is 3. The largest absolute Gasteiger partial charge is 0.489 e. The molecule has 152 valence electrons. The summed E-state index contributed by atoms with van der Waals surface area (Å²) in [5.41, 5.74) is 2.62. The molecule has 0 atom stereocenters. The molecule has 0 spiro atoms. The minimum absolute atomic E-state index is 0.0852. The molecule has 0 bridgehead atoms. The highest BCUT2D eigenvalue weighted by atomic mass is 32.1. The maximum atomic E-state index is 13.8. The van der Waals surface area contributed by atoms with Gasteiger partial charge in [-0.15, -0.1) is 11.3 Å². The van der Waals surface area contributed by atoms with Gasteiger partial charge in [-0.25, -0.2) is 14.2 Å². The summed E-state index contributed by atoms with van der Waals surface area (Å²) in [6.45, 7) is 0.0852. The molecule has 4 nitrogen and oxygen atoms in total. The van der Waals surface area contributed by atoms with E-state index in [-0.39, 0.29) is 12.4 Å². The number of hydrogen-bond donors (Lipinski definition) is 0. The van der Waals surface area contributed by atoms with Crippen LogP contribution in [0.4, 0.5) is 4.39 Å². The molecule has 5 aromatic rings. The van der Waals surface area contributed by atoms with E-state index in [1.54, 1.807) is 36.4 Å². The van der Waals surface area contributed by atoms with E-state index in [9.17, 15) is 9.18 Å². The van der Waals surface area contributed by atoms with Gasteiger partial charge < -0.3 is 9.15 Å². The van der Waals surface area contributed by atoms with Crippen molar-refractivity contribution < 1.29 is 13.5 Å². The van der Waals surface area contributed by atoms with E-state index >= 15 is 0 Å². The number of hydrogen-bond acceptors (Lipinski definition) is 5. The molecular formula is C25H16FNO3S. The molecule has 0 saturated heterocycles. The smallest absolute Gasteiger partial charge is 0.346 e. The summed E-state index contributed by atoms with van der Waals surface area (Å²) in [5, 5.41) is 3.28. The Balaban J connectivity index is 1.43. The highest BCUT2D eigenvalue weighted by molar-refractivity contribution is 7.13. The number of ether oxygens (including phenoxy) is 1. The lowest BCUT2D eigenvalue weighted by molar-refractivity contribution is 0.300. The Kier molecular flexibility index (Phi) is 5.06. The van der Waals surface area contributed by atoms with Crippen molar-refractivity contribution >= 4 is 22.3 Å². The third-order valence-corrected chi connectivity index (χ3v) is 5.74. The van der Waals surface area contributed by atoms with E-state index < -0.39 is 5.63 Å². The van der Waals surface area contributed by atoms with Crippen molar-refractivity contribution in [3.8, 4) is 27.6 Å². The fraction of sp³-hybridized carbons (Fsp3) is 0.0400. The van der Waals surface area contributed by atoms with E-state index in [0.717, 1.165) is 16.6 Å². The molecule has 0 aliphatic carbocycles. The second-order valence-electron chi connectivity index (χ2n) is 6.93. The van der Waals surface area contributed by atoms with Crippen LogP contribution in [0.3, 0.4) is 0 Å². The van der Waals surface area contributed by atoms with Crippen molar-refractivity contribution in [1.29, 1.82) is 0 Å². The summed E-state index contributed by atoms with van der Waals surface area (Å²) in [5.74, 6) is 0.171. The van der Waals surface area contributed by atoms with Gasteiger partial charge in [-0.1, -0.05) is 48.5 Å². The van der Waals surface area contributed by atoms with E-state index in [2.05, 4.69) is 4.98 Å². The third-order valence-electron chi connectivity index (χ3n) is 4.86. The summed E-state index contributed by atoms with van der Waals surface area (Å²) in [6.07, 6.45) is 0. The molecule has 2 heterocycles. The monoisotopic (exact) mass is 429 g/mol. The second-order valence-corrected chi connectivity index (χ2v) is 7.79. The molecule has 5 rings (SSSR count). The summed E-state index contributed by atoms with van der Waals surface area (Å²) < 4.78 is 25.0. The topological polar surface area (TPSA) is 52.3 Å². The van der Waals surface area contributed by atoms with E-state index in [1.807, 2.05) is 41.8 Å². The van der Waals surface area contributed by atoms with Crippen LogP contribution >= 0.6 is 11.3 Å². The number of aromatic nitrogens is 1. The zero-order valence-corrected chi connectivity index (χ0v) is 17.1. The molecule has 0 N–H and O–H groups in total. The first-order valence-electron chi connectivity index (χ1n) is 9.63. The van der Waals surface area contributed by atoms with Gasteiger partial charge in [0.05, 0.1) is 11.3 Å². The van der Waals surface area contributed by atoms with Crippen LogP contribution < -0.4 is 10.4 Å². The molecule has 0 saturated carbocycles. The molecule has 31 heavy (non-hydrogen) atoms. The number of nitrogens with zero attached hydrogens (tertiary/aromatic N) is 1. The standard InChI is InChI=1S/C25H16FNO3S/c26-21-9-5-4-8-18(21)14-29-19-11-10-17-12-20(25(28)30-23(17)13-19)24-27-22(15-31-24)16-6-2-1-3-7-16/h1-13,15H,14H2. The quantitative estimate of drug-likeness (QED) is 0.308. The molecule has 0 aliphatic rings. The normalized spacial score (nSPS) is 11.0. The highest BCUT2D eigenvalue weighted by Crippen LogP contribution is 2.29. The maximum absolute atomic E-state index is 13.8. The first-order valence-corrected chi connectivity index (χ1v) is 10.5. The van der Waals surface area contributed by atoms with Crippen molar-refractivity contribution in [2.24, 2.45) is 0 Å². The van der Waals surface area contributed by atoms with E-state index in [0.29, 0.717) is 27.5 Å². The van der Waals surface area contributed by atoms with Gasteiger partial charge in [0.1, 0.15) is 28.8 Å². The molecular weight excluding hydrogens is 413 g/mol. The first-order chi connectivity index (χ1) is 15.2. The van der Waals surface area contributed by atoms with Crippen molar-refractivity contribution in [1.82, 2.24) is 4.98 Å². The van der Waals surface area contributed by atoms with E-state index in [1.165, 1.54) is 17.4 Å². The lowest BCUT2D eigenvalue weighted by Gasteiger charge is -2.08. The predicted molar refractivity (Wildman–Crippen MR) is 120 cm³/mol. The van der Waals surface area contributed by atoms with Gasteiger partial charge >= 0.3 is 5.63 Å². The van der Waals surface area contributed by atoms with Gasteiger partial charge in [0.25, 0.3) is 0 Å². The Labute approximate surface area is 181 Å². The number of fused-ring (bicyclic) bond motifs is 1. The lowest BCUT2D eigenvalue weighted by Crippen LogP contribution is -2.03. The minimum atomic E-state index is -0.465. The number of thiazole rings is 1. The molecule has 2 aromatic heterocycles. The van der Waals surface area contributed by atoms with Crippen LogP contribution in [0, 0.1) is 5.82 Å². The fourth-order valence-corrected chi connectivity index (χ4v) is 4.08. The van der Waals surface area contributed by atoms with Crippen LogP contribution in [0.25, 0.3) is 32.8 Å². The van der Waals surface area contributed by atoms with Crippen molar-refractivity contribution in [2.75, 3.05) is 0 Å². The van der Waals surface area contributed by atoms with Crippen LogP contribution in [0.5, 0.6) is 5.75 Å². The molecule has 0 unspecified atom stereocenters. The van der Waals surface area contributed by atoms with Gasteiger partial charge in [-0.2, -0.15) is 0 Å². The predicted octanol–water partition coefficient (Wildman–Crippen LogP) is 6.30. The van der Waals surface area contributed by atoms with E-state index in [4.69, 9.17) is 9.15 Å². The Morgan fingerprint density at radius 2 is 1.77 bits per heavy atom. The number of rotatable bonds is 5. The summed E-state index contributed by atoms with van der Waals surface area (Å²) in [7, 11) is 0. The van der Waals surface area contributed by atoms with Gasteiger partial charge in [0.15, 0.2) is 0 Å². The van der Waals surface area contributed by atoms with Crippen LogP contribution in [0.1, 0.15) is 5.56 Å². The van der Waals surface area contributed by atoms with Crippen molar-refractivity contribution in [3.63, 3.8) is 0 Å². The maximum Gasteiger partial charge on any atom is 0.346 e. The lowest BCUT2D eigenvalue weighted by atomic mass is 10.1. The van der Waals surface area contributed by atoms with Gasteiger partial charge in [-0.05, 0) is 24.3 Å². The Morgan fingerprint density at radius 3 is 2.61 bits per heavy atom. The Bertz CT molecular complexity index is 1430. The van der Waals surface area contributed by atoms with Crippen molar-refractivity contribution in [3.05, 3.63) is 106 Å². The molecule has 0 fully saturated rings. The zero-order chi connectivity index (χ0) is 21.2. The molecule has 6 heteroatoms. The highest BCUT2D eigenvalue weighted by Gasteiger charge is 2.13. The summed E-state index contributed by atoms with van der Waals surface area (Å²) >= 11 is 1.40. The van der Waals surface area contributed by atoms with Gasteiger partial charge in [0.2, 0.25) is 0 Å². The molecule has 3 aromatic carbocycles. The number of halogens is 1.